The first-order valence-electron chi connectivity index (χ1n) is 4.86. The van der Waals surface area contributed by atoms with E-state index in [9.17, 15) is 8.42 Å². The van der Waals surface area contributed by atoms with Crippen LogP contribution >= 0.6 is 12.2 Å². The number of benzene rings is 1. The van der Waals surface area contributed by atoms with Crippen LogP contribution in [0.1, 0.15) is 0 Å². The Morgan fingerprint density at radius 3 is 2.33 bits per heavy atom. The van der Waals surface area contributed by atoms with E-state index in [4.69, 9.17) is 17.5 Å². The number of nitriles is 1. The fourth-order valence-corrected chi connectivity index (χ4v) is 2.20. The first kappa shape index (κ1) is 14.4. The number of anilines is 1. The van der Waals surface area contributed by atoms with Crippen LogP contribution in [0.4, 0.5) is 5.69 Å². The second kappa shape index (κ2) is 5.77. The summed E-state index contributed by atoms with van der Waals surface area (Å²) in [6.45, 7) is 0. The average Bonchev–Trinajstić information content (AvgIpc) is 2.29. The fourth-order valence-electron chi connectivity index (χ4n) is 1.13. The van der Waals surface area contributed by atoms with Crippen molar-refractivity contribution in [1.29, 1.82) is 5.26 Å². The van der Waals surface area contributed by atoms with E-state index in [1.54, 1.807) is 18.3 Å². The summed E-state index contributed by atoms with van der Waals surface area (Å²) >= 11 is 4.81. The van der Waals surface area contributed by atoms with Gasteiger partial charge in [-0.15, -0.1) is 0 Å². The number of thiocarbonyl (C=S) groups is 1. The lowest BCUT2D eigenvalue weighted by molar-refractivity contribution is 0.521. The third-order valence-corrected chi connectivity index (χ3v) is 4.09. The molecule has 8 heteroatoms. The topological polar surface area (TPSA) is 85.2 Å². The molecule has 96 valence electrons. The summed E-state index contributed by atoms with van der Waals surface area (Å²) in [4.78, 5) is 0.192. The van der Waals surface area contributed by atoms with Crippen molar-refractivity contribution in [3.05, 3.63) is 24.3 Å². The summed E-state index contributed by atoms with van der Waals surface area (Å²) in [7, 11) is -0.496. The van der Waals surface area contributed by atoms with Crippen molar-refractivity contribution >= 4 is 33.0 Å². The van der Waals surface area contributed by atoms with Crippen molar-refractivity contribution in [3.63, 3.8) is 0 Å². The summed E-state index contributed by atoms with van der Waals surface area (Å²) in [6.07, 6.45) is 1.68. The molecule has 0 saturated carbocycles. The number of hydrogen-bond donors (Lipinski definition) is 2. The van der Waals surface area contributed by atoms with Gasteiger partial charge in [0.25, 0.3) is 0 Å². The van der Waals surface area contributed by atoms with Gasteiger partial charge in [-0.3, -0.25) is 5.32 Å². The molecule has 0 bridgehead atoms. The van der Waals surface area contributed by atoms with Crippen molar-refractivity contribution in [2.45, 2.75) is 4.90 Å². The highest BCUT2D eigenvalue weighted by atomic mass is 32.2. The molecule has 1 aromatic rings. The summed E-state index contributed by atoms with van der Waals surface area (Å²) < 4.78 is 24.7. The van der Waals surface area contributed by atoms with Crippen LogP contribution in [0.2, 0.25) is 0 Å². The molecule has 0 spiro atoms. The smallest absolute Gasteiger partial charge is 0.242 e. The minimum atomic E-state index is -3.43. The average molecular weight is 284 g/mol. The largest absolute Gasteiger partial charge is 0.332 e. The predicted octanol–water partition coefficient (Wildman–Crippen LogP) is 0.704. The van der Waals surface area contributed by atoms with E-state index in [0.29, 0.717) is 5.69 Å². The van der Waals surface area contributed by atoms with Gasteiger partial charge >= 0.3 is 0 Å². The molecule has 6 nitrogen and oxygen atoms in total. The third kappa shape index (κ3) is 3.40. The summed E-state index contributed by atoms with van der Waals surface area (Å²) in [5, 5.41) is 13.5. The second-order valence-electron chi connectivity index (χ2n) is 3.50. The fraction of sp³-hybridized carbons (Fsp3) is 0.200. The van der Waals surface area contributed by atoms with Gasteiger partial charge in [0.05, 0.1) is 4.90 Å². The van der Waals surface area contributed by atoms with Crippen LogP contribution in [0.5, 0.6) is 0 Å². The molecule has 0 heterocycles. The number of nitrogens with one attached hydrogen (secondary N) is 2. The lowest BCUT2D eigenvalue weighted by atomic mass is 10.3. The van der Waals surface area contributed by atoms with Gasteiger partial charge in [-0.05, 0) is 36.5 Å². The monoisotopic (exact) mass is 284 g/mol. The van der Waals surface area contributed by atoms with Crippen LogP contribution in [0.3, 0.4) is 0 Å². The molecule has 0 aromatic heterocycles. The van der Waals surface area contributed by atoms with Gasteiger partial charge < -0.3 is 5.32 Å². The molecule has 0 saturated heterocycles. The zero-order chi connectivity index (χ0) is 13.8. The Balaban J connectivity index is 2.88. The molecule has 0 aliphatic heterocycles. The highest BCUT2D eigenvalue weighted by molar-refractivity contribution is 7.89. The molecule has 0 fully saturated rings. The van der Waals surface area contributed by atoms with Crippen LogP contribution < -0.4 is 10.6 Å². The van der Waals surface area contributed by atoms with Crippen molar-refractivity contribution in [1.82, 2.24) is 9.62 Å². The first-order valence-corrected chi connectivity index (χ1v) is 6.71. The van der Waals surface area contributed by atoms with E-state index >= 15 is 0 Å². The van der Waals surface area contributed by atoms with Crippen molar-refractivity contribution in [3.8, 4) is 6.19 Å². The van der Waals surface area contributed by atoms with Gasteiger partial charge in [-0.2, -0.15) is 5.26 Å². The molecule has 0 aliphatic carbocycles. The quantitative estimate of drug-likeness (QED) is 0.483. The minimum absolute atomic E-state index is 0.153. The normalized spacial score (nSPS) is 10.8. The molecule has 0 aliphatic rings. The van der Waals surface area contributed by atoms with Gasteiger partial charge in [-0.25, -0.2) is 12.7 Å². The van der Waals surface area contributed by atoms with Gasteiger partial charge in [0, 0.05) is 19.8 Å². The molecule has 0 atom stereocenters. The summed E-state index contributed by atoms with van der Waals surface area (Å²) in [5.41, 5.74) is 0.598. The van der Waals surface area contributed by atoms with Crippen LogP contribution in [0.25, 0.3) is 0 Å². The first-order chi connectivity index (χ1) is 8.37. The molecule has 0 radical (unpaired) electrons. The lowest BCUT2D eigenvalue weighted by Gasteiger charge is -2.12. The molecule has 0 amide bonds. The van der Waals surface area contributed by atoms with Crippen molar-refractivity contribution in [2.75, 3.05) is 19.4 Å². The number of rotatable bonds is 3. The Labute approximate surface area is 111 Å². The second-order valence-corrected chi connectivity index (χ2v) is 6.06. The molecule has 1 rings (SSSR count). The van der Waals surface area contributed by atoms with E-state index in [-0.39, 0.29) is 10.0 Å². The van der Waals surface area contributed by atoms with Gasteiger partial charge in [0.2, 0.25) is 10.0 Å². The van der Waals surface area contributed by atoms with E-state index in [1.165, 1.54) is 26.2 Å². The SMILES string of the molecule is CN(C)S(=O)(=O)c1ccc(NC(=S)NC#N)cc1. The van der Waals surface area contributed by atoms with Crippen molar-refractivity contribution in [2.24, 2.45) is 0 Å². The van der Waals surface area contributed by atoms with Gasteiger partial charge in [0.15, 0.2) is 11.3 Å². The van der Waals surface area contributed by atoms with Crippen LogP contribution in [0.15, 0.2) is 29.2 Å². The Kier molecular flexibility index (Phi) is 4.61. The van der Waals surface area contributed by atoms with Crippen LogP contribution in [-0.4, -0.2) is 31.9 Å². The van der Waals surface area contributed by atoms with Gasteiger partial charge in [-0.1, -0.05) is 0 Å². The Bertz CT molecular complexity index is 573. The zero-order valence-corrected chi connectivity index (χ0v) is 11.5. The lowest BCUT2D eigenvalue weighted by Crippen LogP contribution is -2.24. The number of sulfonamides is 1. The maximum Gasteiger partial charge on any atom is 0.242 e. The Morgan fingerprint density at radius 2 is 1.89 bits per heavy atom. The minimum Gasteiger partial charge on any atom is -0.332 e. The van der Waals surface area contributed by atoms with E-state index in [2.05, 4.69) is 10.6 Å². The molecule has 18 heavy (non-hydrogen) atoms. The zero-order valence-electron chi connectivity index (χ0n) is 9.84. The highest BCUT2D eigenvalue weighted by Gasteiger charge is 2.16. The Morgan fingerprint density at radius 1 is 1.33 bits per heavy atom. The molecular weight excluding hydrogens is 272 g/mol. The maximum absolute atomic E-state index is 11.8. The molecule has 0 unspecified atom stereocenters. The predicted molar refractivity (Wildman–Crippen MR) is 72.3 cm³/mol. The van der Waals surface area contributed by atoms with E-state index in [0.717, 1.165) is 4.31 Å². The summed E-state index contributed by atoms with van der Waals surface area (Å²) in [5.74, 6) is 0. The number of hydrogen-bond acceptors (Lipinski definition) is 4. The van der Waals surface area contributed by atoms with Crippen molar-refractivity contribution < 1.29 is 8.42 Å². The molecule has 1 aromatic carbocycles. The van der Waals surface area contributed by atoms with Crippen LogP contribution in [0, 0.1) is 11.5 Å². The molecular formula is C10H12N4O2S2. The van der Waals surface area contributed by atoms with E-state index in [1.807, 2.05) is 0 Å². The highest BCUT2D eigenvalue weighted by Crippen LogP contribution is 2.16. The Hall–Kier alpha value is -1.69. The van der Waals surface area contributed by atoms with Gasteiger partial charge in [0.1, 0.15) is 0 Å². The third-order valence-electron chi connectivity index (χ3n) is 2.06. The maximum atomic E-state index is 11.8. The standard InChI is InChI=1S/C10H12N4O2S2/c1-14(2)18(15,16)9-5-3-8(4-6-9)13-10(17)12-7-11/h3-6H,1-2H3,(H2,12,13,17). The number of nitrogens with zero attached hydrogens (tertiary/aromatic N) is 2. The summed E-state index contributed by atoms with van der Waals surface area (Å²) in [6, 6.07) is 6.07. The van der Waals surface area contributed by atoms with Crippen LogP contribution in [-0.2, 0) is 10.0 Å². The molecule has 2 N–H and O–H groups in total. The van der Waals surface area contributed by atoms with E-state index < -0.39 is 10.0 Å².